The van der Waals surface area contributed by atoms with Crippen molar-refractivity contribution in [2.45, 2.75) is 25.2 Å². The number of nitro groups is 1. The van der Waals surface area contributed by atoms with E-state index in [0.717, 1.165) is 11.8 Å². The van der Waals surface area contributed by atoms with E-state index in [2.05, 4.69) is 6.08 Å². The first-order valence-electron chi connectivity index (χ1n) is 6.67. The normalized spacial score (nSPS) is 35.9. The summed E-state index contributed by atoms with van der Waals surface area (Å²) < 4.78 is 0. The number of benzene rings is 1. The lowest BCUT2D eigenvalue weighted by atomic mass is 9.70. The fraction of sp³-hybridized carbons (Fsp3) is 0.467. The van der Waals surface area contributed by atoms with Crippen molar-refractivity contribution in [1.29, 1.82) is 0 Å². The SMILES string of the molecule is O=[N+]([O-])c1ccc(C2C3C=C4CC2CC4C3)cc1. The van der Waals surface area contributed by atoms with Crippen molar-refractivity contribution >= 4 is 5.69 Å². The van der Waals surface area contributed by atoms with E-state index in [9.17, 15) is 10.1 Å². The van der Waals surface area contributed by atoms with E-state index in [1.165, 1.54) is 24.8 Å². The topological polar surface area (TPSA) is 43.1 Å². The Balaban J connectivity index is 1.68. The van der Waals surface area contributed by atoms with Gasteiger partial charge in [0, 0.05) is 12.1 Å². The summed E-state index contributed by atoms with van der Waals surface area (Å²) in [5, 5.41) is 10.7. The van der Waals surface area contributed by atoms with Gasteiger partial charge in [0.2, 0.25) is 0 Å². The minimum absolute atomic E-state index is 0.198. The van der Waals surface area contributed by atoms with Crippen LogP contribution in [0.2, 0.25) is 0 Å². The van der Waals surface area contributed by atoms with Crippen LogP contribution < -0.4 is 0 Å². The Hall–Kier alpha value is -1.64. The second-order valence-electron chi connectivity index (χ2n) is 5.91. The summed E-state index contributed by atoms with van der Waals surface area (Å²) in [4.78, 5) is 10.4. The number of non-ortho nitro benzene ring substituents is 1. The van der Waals surface area contributed by atoms with Gasteiger partial charge in [-0.3, -0.25) is 10.1 Å². The van der Waals surface area contributed by atoms with Crippen LogP contribution in [0.15, 0.2) is 35.9 Å². The summed E-state index contributed by atoms with van der Waals surface area (Å²) in [6.45, 7) is 0. The van der Waals surface area contributed by atoms with Crippen LogP contribution >= 0.6 is 0 Å². The van der Waals surface area contributed by atoms with Gasteiger partial charge in [-0.25, -0.2) is 0 Å². The minimum Gasteiger partial charge on any atom is -0.258 e. The van der Waals surface area contributed by atoms with Gasteiger partial charge in [-0.05, 0) is 48.5 Å². The summed E-state index contributed by atoms with van der Waals surface area (Å²) in [5.41, 5.74) is 3.19. The molecule has 0 N–H and O–H groups in total. The lowest BCUT2D eigenvalue weighted by molar-refractivity contribution is -0.384. The molecule has 2 fully saturated rings. The zero-order valence-corrected chi connectivity index (χ0v) is 10.1. The van der Waals surface area contributed by atoms with E-state index in [1.54, 1.807) is 17.7 Å². The molecule has 1 aromatic carbocycles. The second kappa shape index (κ2) is 3.44. The maximum absolute atomic E-state index is 10.7. The molecule has 4 aliphatic carbocycles. The fourth-order valence-corrected chi connectivity index (χ4v) is 4.40. The molecule has 4 aliphatic rings. The molecule has 0 aliphatic heterocycles. The summed E-state index contributed by atoms with van der Waals surface area (Å²) in [7, 11) is 0. The largest absolute Gasteiger partial charge is 0.269 e. The minimum atomic E-state index is -0.322. The number of hydrogen-bond donors (Lipinski definition) is 0. The molecule has 0 amide bonds. The molecular formula is C15H15NO2. The van der Waals surface area contributed by atoms with Gasteiger partial charge in [0.1, 0.15) is 0 Å². The Bertz CT molecular complexity index is 546. The van der Waals surface area contributed by atoms with Crippen molar-refractivity contribution in [2.24, 2.45) is 17.8 Å². The molecule has 4 atom stereocenters. The summed E-state index contributed by atoms with van der Waals surface area (Å²) in [5.74, 6) is 2.96. The first-order valence-corrected chi connectivity index (χ1v) is 6.67. The Morgan fingerprint density at radius 1 is 1.17 bits per heavy atom. The van der Waals surface area contributed by atoms with Crippen LogP contribution in [0, 0.1) is 27.9 Å². The van der Waals surface area contributed by atoms with Gasteiger partial charge in [0.15, 0.2) is 0 Å². The van der Waals surface area contributed by atoms with Crippen LogP contribution in [-0.4, -0.2) is 4.92 Å². The Morgan fingerprint density at radius 3 is 2.56 bits per heavy atom. The van der Waals surface area contributed by atoms with Gasteiger partial charge < -0.3 is 0 Å². The standard InChI is InChI=1S/C15H15NO2/c17-16(18)14-3-1-9(2-4-14)15-12-5-10-6-13(15)8-11(10)7-12/h1-5,11-13,15H,6-8H2. The maximum atomic E-state index is 10.7. The van der Waals surface area contributed by atoms with Crippen LogP contribution in [0.1, 0.15) is 30.7 Å². The van der Waals surface area contributed by atoms with Crippen molar-refractivity contribution in [1.82, 2.24) is 0 Å². The van der Waals surface area contributed by atoms with Crippen molar-refractivity contribution < 1.29 is 4.92 Å². The smallest absolute Gasteiger partial charge is 0.258 e. The molecule has 3 heteroatoms. The zero-order chi connectivity index (χ0) is 12.3. The molecule has 4 bridgehead atoms. The lowest BCUT2D eigenvalue weighted by Gasteiger charge is -2.34. The molecule has 5 rings (SSSR count). The summed E-state index contributed by atoms with van der Waals surface area (Å²) in [6, 6.07) is 7.24. The van der Waals surface area contributed by atoms with E-state index in [-0.39, 0.29) is 10.6 Å². The molecule has 0 spiro atoms. The molecule has 0 radical (unpaired) electrons. The van der Waals surface area contributed by atoms with Crippen LogP contribution in [0.4, 0.5) is 5.69 Å². The van der Waals surface area contributed by atoms with Crippen molar-refractivity contribution in [2.75, 3.05) is 0 Å². The van der Waals surface area contributed by atoms with E-state index in [0.29, 0.717) is 11.8 Å². The number of allylic oxidation sites excluding steroid dienone is 2. The predicted octanol–water partition coefficient (Wildman–Crippen LogP) is 3.66. The van der Waals surface area contributed by atoms with Crippen LogP contribution in [0.3, 0.4) is 0 Å². The van der Waals surface area contributed by atoms with Crippen LogP contribution in [0.5, 0.6) is 0 Å². The number of nitrogens with zero attached hydrogens (tertiary/aromatic N) is 1. The Kier molecular flexibility index (Phi) is 1.97. The molecule has 4 unspecified atom stereocenters. The highest BCUT2D eigenvalue weighted by atomic mass is 16.6. The molecule has 0 heterocycles. The first-order chi connectivity index (χ1) is 8.72. The van der Waals surface area contributed by atoms with E-state index in [4.69, 9.17) is 0 Å². The number of nitro benzene ring substituents is 1. The van der Waals surface area contributed by atoms with Crippen molar-refractivity contribution in [3.63, 3.8) is 0 Å². The number of hydrogen-bond acceptors (Lipinski definition) is 2. The third kappa shape index (κ3) is 1.30. The predicted molar refractivity (Wildman–Crippen MR) is 68.2 cm³/mol. The molecule has 0 saturated heterocycles. The molecule has 18 heavy (non-hydrogen) atoms. The van der Waals surface area contributed by atoms with Gasteiger partial charge in [-0.2, -0.15) is 0 Å². The molecular weight excluding hydrogens is 226 g/mol. The first kappa shape index (κ1) is 10.3. The van der Waals surface area contributed by atoms with E-state index >= 15 is 0 Å². The average molecular weight is 241 g/mol. The third-order valence-electron chi connectivity index (χ3n) is 5.05. The van der Waals surface area contributed by atoms with Gasteiger partial charge in [0.05, 0.1) is 4.92 Å². The molecule has 2 saturated carbocycles. The highest BCUT2D eigenvalue weighted by molar-refractivity contribution is 5.39. The van der Waals surface area contributed by atoms with E-state index in [1.807, 2.05) is 12.1 Å². The molecule has 92 valence electrons. The third-order valence-corrected chi connectivity index (χ3v) is 5.05. The Labute approximate surface area is 106 Å². The zero-order valence-electron chi connectivity index (χ0n) is 10.1. The van der Waals surface area contributed by atoms with Crippen LogP contribution in [0.25, 0.3) is 0 Å². The highest BCUT2D eigenvalue weighted by Crippen LogP contribution is 2.60. The molecule has 1 aromatic rings. The molecule has 0 aromatic heterocycles. The fourth-order valence-electron chi connectivity index (χ4n) is 4.40. The Morgan fingerprint density at radius 2 is 1.94 bits per heavy atom. The van der Waals surface area contributed by atoms with Crippen LogP contribution in [-0.2, 0) is 0 Å². The van der Waals surface area contributed by atoms with E-state index < -0.39 is 0 Å². The molecule has 3 nitrogen and oxygen atoms in total. The highest BCUT2D eigenvalue weighted by Gasteiger charge is 2.48. The van der Waals surface area contributed by atoms with Gasteiger partial charge >= 0.3 is 0 Å². The second-order valence-corrected chi connectivity index (χ2v) is 5.91. The maximum Gasteiger partial charge on any atom is 0.269 e. The van der Waals surface area contributed by atoms with Crippen molar-refractivity contribution in [3.8, 4) is 0 Å². The number of rotatable bonds is 2. The van der Waals surface area contributed by atoms with Gasteiger partial charge in [0.25, 0.3) is 5.69 Å². The van der Waals surface area contributed by atoms with Crippen molar-refractivity contribution in [3.05, 3.63) is 51.6 Å². The lowest BCUT2D eigenvalue weighted by Crippen LogP contribution is -2.23. The van der Waals surface area contributed by atoms with Gasteiger partial charge in [-0.15, -0.1) is 0 Å². The average Bonchev–Trinajstić information content (AvgIpc) is 2.82. The van der Waals surface area contributed by atoms with Gasteiger partial charge in [-0.1, -0.05) is 23.8 Å². The monoisotopic (exact) mass is 241 g/mol. The summed E-state index contributed by atoms with van der Waals surface area (Å²) in [6.07, 6.45) is 6.40. The summed E-state index contributed by atoms with van der Waals surface area (Å²) >= 11 is 0. The quantitative estimate of drug-likeness (QED) is 0.450.